The topological polar surface area (TPSA) is 30.5 Å². The Morgan fingerprint density at radius 3 is 2.48 bits per heavy atom. The van der Waals surface area contributed by atoms with E-state index >= 15 is 0 Å². The van der Waals surface area contributed by atoms with Crippen LogP contribution in [0.5, 0.6) is 0 Å². The van der Waals surface area contributed by atoms with E-state index in [1.807, 2.05) is 11.8 Å². The maximum Gasteiger partial charge on any atom is 0.494 e. The van der Waals surface area contributed by atoms with Gasteiger partial charge in [0.05, 0.1) is 22.5 Å². The highest BCUT2D eigenvalue weighted by Crippen LogP contribution is 2.40. The van der Waals surface area contributed by atoms with Crippen molar-refractivity contribution in [1.82, 2.24) is 0 Å². The molecule has 0 aromatic heterocycles. The van der Waals surface area contributed by atoms with Crippen LogP contribution < -0.4 is 10.8 Å². The van der Waals surface area contributed by atoms with E-state index in [2.05, 4.69) is 75.5 Å². The van der Waals surface area contributed by atoms with Crippen molar-refractivity contribution in [3.63, 3.8) is 0 Å². The molecule has 23 heavy (non-hydrogen) atoms. The monoisotopic (exact) mass is 327 g/mol. The van der Waals surface area contributed by atoms with E-state index in [1.54, 1.807) is 0 Å². The number of anilines is 1. The average molecular weight is 327 g/mol. The van der Waals surface area contributed by atoms with Crippen molar-refractivity contribution in [3.05, 3.63) is 42.5 Å². The molecule has 0 bridgehead atoms. The molecule has 1 aromatic carbocycles. The zero-order chi connectivity index (χ0) is 16.2. The highest BCUT2D eigenvalue weighted by Gasteiger charge is 2.51. The van der Waals surface area contributed by atoms with Crippen LogP contribution in [0.3, 0.4) is 0 Å². The minimum Gasteiger partial charge on any atom is -0.399 e. The zero-order valence-electron chi connectivity index (χ0n) is 14.0. The van der Waals surface area contributed by atoms with Crippen molar-refractivity contribution in [2.75, 3.05) is 5.32 Å². The van der Waals surface area contributed by atoms with E-state index < -0.39 is 0 Å². The van der Waals surface area contributed by atoms with E-state index in [1.165, 1.54) is 10.6 Å². The first-order chi connectivity index (χ1) is 10.9. The lowest BCUT2D eigenvalue weighted by Crippen LogP contribution is -2.41. The van der Waals surface area contributed by atoms with Crippen LogP contribution >= 0.6 is 11.8 Å². The second kappa shape index (κ2) is 5.17. The Labute approximate surface area is 142 Å². The molecule has 2 aliphatic heterocycles. The van der Waals surface area contributed by atoms with Crippen molar-refractivity contribution in [1.29, 1.82) is 0 Å². The third-order valence-electron chi connectivity index (χ3n) is 5.20. The van der Waals surface area contributed by atoms with Gasteiger partial charge in [-0.15, -0.1) is 11.8 Å². The smallest absolute Gasteiger partial charge is 0.399 e. The van der Waals surface area contributed by atoms with Gasteiger partial charge < -0.3 is 14.6 Å². The number of hydrogen-bond acceptors (Lipinski definition) is 4. The Balaban J connectivity index is 1.62. The van der Waals surface area contributed by atoms with Crippen LogP contribution in [-0.4, -0.2) is 29.6 Å². The fraction of sp³-hybridized carbons (Fsp3) is 0.444. The lowest BCUT2D eigenvalue weighted by Gasteiger charge is -2.32. The van der Waals surface area contributed by atoms with Crippen molar-refractivity contribution < 1.29 is 9.31 Å². The van der Waals surface area contributed by atoms with Crippen LogP contribution in [0, 0.1) is 0 Å². The Morgan fingerprint density at radius 1 is 1.04 bits per heavy atom. The second-order valence-corrected chi connectivity index (χ2v) is 8.59. The molecule has 0 radical (unpaired) electrons. The van der Waals surface area contributed by atoms with Crippen LogP contribution in [0.2, 0.25) is 0 Å². The zero-order valence-corrected chi connectivity index (χ0v) is 14.8. The molecule has 120 valence electrons. The van der Waals surface area contributed by atoms with E-state index in [0.717, 1.165) is 5.46 Å². The number of hydrogen-bond donors (Lipinski definition) is 1. The normalized spacial score (nSPS) is 29.8. The van der Waals surface area contributed by atoms with Crippen molar-refractivity contribution in [2.24, 2.45) is 0 Å². The van der Waals surface area contributed by atoms with Crippen LogP contribution in [-0.2, 0) is 9.31 Å². The summed E-state index contributed by atoms with van der Waals surface area (Å²) in [6.45, 7) is 8.36. The summed E-state index contributed by atoms with van der Waals surface area (Å²) in [7, 11) is -0.301. The number of fused-ring (bicyclic) bond motifs is 2. The summed E-state index contributed by atoms with van der Waals surface area (Å²) >= 11 is 1.90. The minimum atomic E-state index is -0.305. The molecule has 3 aliphatic rings. The Bertz CT molecular complexity index is 682. The molecule has 3 nitrogen and oxygen atoms in total. The quantitative estimate of drug-likeness (QED) is 0.801. The number of allylic oxidation sites excluding steroid dienone is 2. The molecule has 1 aromatic rings. The second-order valence-electron chi connectivity index (χ2n) is 7.37. The molecule has 1 aliphatic carbocycles. The van der Waals surface area contributed by atoms with Crippen LogP contribution in [0.15, 0.2) is 47.4 Å². The van der Waals surface area contributed by atoms with E-state index in [4.69, 9.17) is 9.31 Å². The molecule has 4 rings (SSSR count). The maximum absolute atomic E-state index is 6.17. The van der Waals surface area contributed by atoms with Gasteiger partial charge in [-0.1, -0.05) is 30.4 Å². The van der Waals surface area contributed by atoms with E-state index in [9.17, 15) is 0 Å². The van der Waals surface area contributed by atoms with Crippen molar-refractivity contribution >= 4 is 30.0 Å². The van der Waals surface area contributed by atoms with Crippen LogP contribution in [0.25, 0.3) is 0 Å². The molecule has 0 amide bonds. The standard InChI is InChI=1S/C18H22BNO2S/c1-17(2)18(3,4)22-19(21-17)12-9-10-14-16(11-12)23-15-8-6-5-7-13(15)20-14/h5-11,13,15,20H,1-4H3. The minimum absolute atomic E-state index is 0.301. The summed E-state index contributed by atoms with van der Waals surface area (Å²) in [6.07, 6.45) is 8.72. The Kier molecular flexibility index (Phi) is 3.45. The van der Waals surface area contributed by atoms with Gasteiger partial charge in [0.1, 0.15) is 0 Å². The summed E-state index contributed by atoms with van der Waals surface area (Å²) in [5.74, 6) is 0. The largest absolute Gasteiger partial charge is 0.494 e. The molecular weight excluding hydrogens is 305 g/mol. The molecule has 1 N–H and O–H groups in total. The fourth-order valence-corrected chi connectivity index (χ4v) is 4.26. The summed E-state index contributed by atoms with van der Waals surface area (Å²) < 4.78 is 12.3. The van der Waals surface area contributed by atoms with Gasteiger partial charge in [0.15, 0.2) is 0 Å². The van der Waals surface area contributed by atoms with Crippen LogP contribution in [0.1, 0.15) is 27.7 Å². The number of thioether (sulfide) groups is 1. The third-order valence-corrected chi connectivity index (χ3v) is 6.51. The van der Waals surface area contributed by atoms with Crippen molar-refractivity contribution in [2.45, 2.75) is 55.1 Å². The van der Waals surface area contributed by atoms with Gasteiger partial charge in [-0.05, 0) is 45.3 Å². The Morgan fingerprint density at radius 2 is 1.74 bits per heavy atom. The third kappa shape index (κ3) is 2.55. The summed E-state index contributed by atoms with van der Waals surface area (Å²) in [4.78, 5) is 1.26. The molecular formula is C18H22BNO2S. The predicted molar refractivity (Wildman–Crippen MR) is 97.5 cm³/mol. The first-order valence-corrected chi connectivity index (χ1v) is 9.01. The molecule has 2 unspecified atom stereocenters. The molecule has 0 saturated carbocycles. The number of benzene rings is 1. The Hall–Kier alpha value is -1.17. The molecule has 5 heteroatoms. The molecule has 1 fully saturated rings. The molecule has 0 spiro atoms. The van der Waals surface area contributed by atoms with E-state index in [0.29, 0.717) is 11.3 Å². The molecule has 2 atom stereocenters. The van der Waals surface area contributed by atoms with Gasteiger partial charge in [0, 0.05) is 10.6 Å². The maximum atomic E-state index is 6.17. The fourth-order valence-electron chi connectivity index (χ4n) is 3.04. The molecule has 2 heterocycles. The van der Waals surface area contributed by atoms with Gasteiger partial charge in [0.25, 0.3) is 0 Å². The van der Waals surface area contributed by atoms with Gasteiger partial charge in [-0.2, -0.15) is 0 Å². The highest BCUT2D eigenvalue weighted by atomic mass is 32.2. The van der Waals surface area contributed by atoms with Gasteiger partial charge in [-0.25, -0.2) is 0 Å². The van der Waals surface area contributed by atoms with E-state index in [-0.39, 0.29) is 18.3 Å². The lowest BCUT2D eigenvalue weighted by atomic mass is 9.79. The van der Waals surface area contributed by atoms with Gasteiger partial charge in [0.2, 0.25) is 0 Å². The number of nitrogens with one attached hydrogen (secondary N) is 1. The lowest BCUT2D eigenvalue weighted by molar-refractivity contribution is 0.00578. The summed E-state index contributed by atoms with van der Waals surface area (Å²) in [5, 5.41) is 4.05. The summed E-state index contributed by atoms with van der Waals surface area (Å²) in [6, 6.07) is 6.83. The number of rotatable bonds is 1. The highest BCUT2D eigenvalue weighted by molar-refractivity contribution is 8.00. The van der Waals surface area contributed by atoms with Gasteiger partial charge >= 0.3 is 7.12 Å². The van der Waals surface area contributed by atoms with Gasteiger partial charge in [-0.3, -0.25) is 0 Å². The summed E-state index contributed by atoms with van der Waals surface area (Å²) in [5.41, 5.74) is 1.67. The predicted octanol–water partition coefficient (Wildman–Crippen LogP) is 3.37. The first-order valence-electron chi connectivity index (χ1n) is 8.13. The SMILES string of the molecule is CC1(C)OB(c2ccc3c(c2)SC2C=CC=CC2N3)OC1(C)C. The molecule has 1 saturated heterocycles. The first kappa shape index (κ1) is 15.4. The average Bonchev–Trinajstić information content (AvgIpc) is 2.73. The van der Waals surface area contributed by atoms with Crippen LogP contribution in [0.4, 0.5) is 5.69 Å². The van der Waals surface area contributed by atoms with Crippen molar-refractivity contribution in [3.8, 4) is 0 Å².